The van der Waals surface area contributed by atoms with Crippen LogP contribution in [0.15, 0.2) is 60.2 Å². The number of rotatable bonds is 5. The first kappa shape index (κ1) is 21.3. The van der Waals surface area contributed by atoms with Crippen molar-refractivity contribution in [1.29, 1.82) is 5.26 Å². The number of nitrogens with one attached hydrogen (secondary N) is 1. The number of carboxylic acid groups (broad SMARTS) is 1. The minimum absolute atomic E-state index is 0.0522. The van der Waals surface area contributed by atoms with Crippen molar-refractivity contribution in [3.8, 4) is 11.8 Å². The van der Waals surface area contributed by atoms with E-state index >= 15 is 0 Å². The Morgan fingerprint density at radius 3 is 2.47 bits per heavy atom. The van der Waals surface area contributed by atoms with Crippen molar-refractivity contribution in [3.05, 3.63) is 86.3 Å². The van der Waals surface area contributed by atoms with Gasteiger partial charge < -0.3 is 15.0 Å². The third-order valence-corrected chi connectivity index (χ3v) is 5.31. The number of anilines is 1. The Bertz CT molecular complexity index is 1200. The summed E-state index contributed by atoms with van der Waals surface area (Å²) in [7, 11) is 0. The first-order chi connectivity index (χ1) is 14.3. The summed E-state index contributed by atoms with van der Waals surface area (Å²) in [4.78, 5) is 23.7. The van der Waals surface area contributed by atoms with Crippen LogP contribution in [0, 0.1) is 28.7 Å². The largest absolute Gasteiger partial charge is 0.478 e. The number of halogens is 1. The summed E-state index contributed by atoms with van der Waals surface area (Å²) >= 11 is 2.25. The average Bonchev–Trinajstić information content (AvgIpc) is 3.00. The molecule has 0 saturated carbocycles. The molecule has 0 aliphatic carbocycles. The fraction of sp³-hybridized carbons (Fsp3) is 0.0870. The van der Waals surface area contributed by atoms with Crippen LogP contribution in [0.3, 0.4) is 0 Å². The van der Waals surface area contributed by atoms with Crippen LogP contribution in [0.4, 0.5) is 5.69 Å². The lowest BCUT2D eigenvalue weighted by Gasteiger charge is -2.10. The van der Waals surface area contributed by atoms with Gasteiger partial charge in [-0.3, -0.25) is 4.79 Å². The smallest absolute Gasteiger partial charge is 0.335 e. The zero-order valence-corrected chi connectivity index (χ0v) is 18.5. The van der Waals surface area contributed by atoms with Crippen LogP contribution >= 0.6 is 22.6 Å². The number of nitriles is 1. The fourth-order valence-corrected chi connectivity index (χ4v) is 3.51. The lowest BCUT2D eigenvalue weighted by Crippen LogP contribution is -2.14. The molecule has 0 bridgehead atoms. The summed E-state index contributed by atoms with van der Waals surface area (Å²) in [5.41, 5.74) is 3.94. The number of aromatic nitrogens is 1. The molecule has 3 aromatic rings. The van der Waals surface area contributed by atoms with Gasteiger partial charge in [0.1, 0.15) is 11.6 Å². The van der Waals surface area contributed by atoms with Crippen molar-refractivity contribution in [2.75, 3.05) is 5.32 Å². The van der Waals surface area contributed by atoms with Crippen molar-refractivity contribution in [3.63, 3.8) is 0 Å². The van der Waals surface area contributed by atoms with Crippen LogP contribution in [-0.2, 0) is 4.79 Å². The Morgan fingerprint density at radius 1 is 1.13 bits per heavy atom. The summed E-state index contributed by atoms with van der Waals surface area (Å²) in [5, 5.41) is 21.2. The van der Waals surface area contributed by atoms with Gasteiger partial charge in [-0.25, -0.2) is 4.79 Å². The molecule has 0 atom stereocenters. The standard InChI is InChI=1S/C23H18IN3O3/c1-14-10-17(15(2)27(14)21-8-6-19(24)7-9-21)11-18(13-25)22(28)26-20-5-3-4-16(12-20)23(29)30/h3-12H,1-2H3,(H,26,28)(H,29,30)/b18-11+. The molecule has 0 spiro atoms. The number of carbonyl (C=O) groups excluding carboxylic acids is 1. The summed E-state index contributed by atoms with van der Waals surface area (Å²) in [6, 6.07) is 17.8. The van der Waals surface area contributed by atoms with Gasteiger partial charge in [0.2, 0.25) is 0 Å². The lowest BCUT2D eigenvalue weighted by atomic mass is 10.1. The van der Waals surface area contributed by atoms with Gasteiger partial charge in [0.15, 0.2) is 0 Å². The van der Waals surface area contributed by atoms with Crippen molar-refractivity contribution in [2.24, 2.45) is 0 Å². The molecule has 1 aromatic heterocycles. The average molecular weight is 511 g/mol. The molecular weight excluding hydrogens is 493 g/mol. The second-order valence-electron chi connectivity index (χ2n) is 6.65. The second kappa shape index (κ2) is 8.97. The minimum Gasteiger partial charge on any atom is -0.478 e. The van der Waals surface area contributed by atoms with E-state index in [9.17, 15) is 14.9 Å². The Kier molecular flexibility index (Phi) is 6.37. The maximum atomic E-state index is 12.6. The van der Waals surface area contributed by atoms with Gasteiger partial charge in [-0.2, -0.15) is 5.26 Å². The molecule has 0 fully saturated rings. The van der Waals surface area contributed by atoms with E-state index in [1.54, 1.807) is 12.1 Å². The molecule has 2 N–H and O–H groups in total. The predicted molar refractivity (Wildman–Crippen MR) is 124 cm³/mol. The maximum absolute atomic E-state index is 12.6. The number of amides is 1. The third-order valence-electron chi connectivity index (χ3n) is 4.59. The number of hydrogen-bond donors (Lipinski definition) is 2. The SMILES string of the molecule is Cc1cc(/C=C(\C#N)C(=O)Nc2cccc(C(=O)O)c2)c(C)n1-c1ccc(I)cc1. The number of carbonyl (C=O) groups is 2. The highest BCUT2D eigenvalue weighted by Gasteiger charge is 2.14. The summed E-state index contributed by atoms with van der Waals surface area (Å²) < 4.78 is 3.19. The quantitative estimate of drug-likeness (QED) is 0.288. The third kappa shape index (κ3) is 4.60. The second-order valence-corrected chi connectivity index (χ2v) is 7.89. The first-order valence-electron chi connectivity index (χ1n) is 9.01. The van der Waals surface area contributed by atoms with Crippen molar-refractivity contribution in [2.45, 2.75) is 13.8 Å². The van der Waals surface area contributed by atoms with Gasteiger partial charge in [0.25, 0.3) is 5.91 Å². The van der Waals surface area contributed by atoms with Crippen LogP contribution in [0.2, 0.25) is 0 Å². The molecule has 0 radical (unpaired) electrons. The molecule has 3 rings (SSSR count). The van der Waals surface area contributed by atoms with Crippen LogP contribution in [0.25, 0.3) is 11.8 Å². The summed E-state index contributed by atoms with van der Waals surface area (Å²) in [5.74, 6) is -1.69. The lowest BCUT2D eigenvalue weighted by molar-refractivity contribution is -0.112. The molecule has 0 unspecified atom stereocenters. The zero-order valence-electron chi connectivity index (χ0n) is 16.3. The number of aromatic carboxylic acids is 1. The zero-order chi connectivity index (χ0) is 21.8. The van der Waals surface area contributed by atoms with E-state index in [-0.39, 0.29) is 11.1 Å². The van der Waals surface area contributed by atoms with E-state index in [0.29, 0.717) is 5.69 Å². The number of benzene rings is 2. The molecule has 2 aromatic carbocycles. The monoisotopic (exact) mass is 511 g/mol. The first-order valence-corrected chi connectivity index (χ1v) is 10.1. The Labute approximate surface area is 187 Å². The molecule has 1 amide bonds. The predicted octanol–water partition coefficient (Wildman–Crippen LogP) is 4.94. The molecule has 0 saturated heterocycles. The Morgan fingerprint density at radius 2 is 1.83 bits per heavy atom. The molecular formula is C23H18IN3O3. The van der Waals surface area contributed by atoms with E-state index < -0.39 is 11.9 Å². The summed E-state index contributed by atoms with van der Waals surface area (Å²) in [6.45, 7) is 3.89. The molecule has 150 valence electrons. The van der Waals surface area contributed by atoms with Gasteiger partial charge in [0.05, 0.1) is 5.56 Å². The molecule has 1 heterocycles. The topological polar surface area (TPSA) is 95.1 Å². The van der Waals surface area contributed by atoms with Gasteiger partial charge in [-0.1, -0.05) is 6.07 Å². The van der Waals surface area contributed by atoms with Gasteiger partial charge in [-0.15, -0.1) is 0 Å². The van der Waals surface area contributed by atoms with E-state index in [1.807, 2.05) is 50.2 Å². The van der Waals surface area contributed by atoms with Crippen LogP contribution in [0.5, 0.6) is 0 Å². The van der Waals surface area contributed by atoms with Gasteiger partial charge in [0, 0.05) is 26.3 Å². The number of carboxylic acids is 1. The van der Waals surface area contributed by atoms with Gasteiger partial charge >= 0.3 is 5.97 Å². The van der Waals surface area contributed by atoms with Crippen molar-refractivity contribution in [1.82, 2.24) is 4.57 Å². The van der Waals surface area contributed by atoms with Crippen molar-refractivity contribution < 1.29 is 14.7 Å². The van der Waals surface area contributed by atoms with Crippen LogP contribution in [-0.4, -0.2) is 21.6 Å². The number of hydrogen-bond acceptors (Lipinski definition) is 3. The van der Waals surface area contributed by atoms with Crippen LogP contribution < -0.4 is 5.32 Å². The molecule has 0 aliphatic heterocycles. The highest BCUT2D eigenvalue weighted by Crippen LogP contribution is 2.24. The van der Waals surface area contributed by atoms with E-state index in [0.717, 1.165) is 26.2 Å². The minimum atomic E-state index is -1.09. The van der Waals surface area contributed by atoms with E-state index in [2.05, 4.69) is 32.5 Å². The highest BCUT2D eigenvalue weighted by atomic mass is 127. The normalized spacial score (nSPS) is 11.1. The van der Waals surface area contributed by atoms with E-state index in [1.165, 1.54) is 18.2 Å². The Balaban J connectivity index is 1.91. The van der Waals surface area contributed by atoms with Crippen molar-refractivity contribution >= 4 is 46.2 Å². The fourth-order valence-electron chi connectivity index (χ4n) is 3.15. The molecule has 7 heteroatoms. The van der Waals surface area contributed by atoms with E-state index in [4.69, 9.17) is 5.11 Å². The van der Waals surface area contributed by atoms with Crippen LogP contribution in [0.1, 0.15) is 27.3 Å². The number of nitrogens with zero attached hydrogens (tertiary/aromatic N) is 2. The maximum Gasteiger partial charge on any atom is 0.335 e. The number of aryl methyl sites for hydroxylation is 1. The van der Waals surface area contributed by atoms with Gasteiger partial charge in [-0.05, 0) is 96.6 Å². The summed E-state index contributed by atoms with van der Waals surface area (Å²) in [6.07, 6.45) is 1.54. The Hall–Kier alpha value is -3.38. The molecule has 0 aliphatic rings. The highest BCUT2D eigenvalue weighted by molar-refractivity contribution is 14.1. The molecule has 6 nitrogen and oxygen atoms in total. The molecule has 30 heavy (non-hydrogen) atoms.